The summed E-state index contributed by atoms with van der Waals surface area (Å²) in [5.41, 5.74) is 1.25. The van der Waals surface area contributed by atoms with Crippen LogP contribution in [-0.2, 0) is 13.6 Å². The zero-order chi connectivity index (χ0) is 23.3. The van der Waals surface area contributed by atoms with Gasteiger partial charge in [-0.3, -0.25) is 9.78 Å². The van der Waals surface area contributed by atoms with Crippen LogP contribution in [-0.4, -0.2) is 38.7 Å². The Morgan fingerprint density at radius 2 is 2.03 bits per heavy atom. The first-order chi connectivity index (χ1) is 15.5. The molecule has 1 N–H and O–H groups in total. The predicted molar refractivity (Wildman–Crippen MR) is 124 cm³/mol. The van der Waals surface area contributed by atoms with E-state index in [1.165, 1.54) is 16.0 Å². The molecule has 0 spiro atoms. The van der Waals surface area contributed by atoms with Crippen LogP contribution in [0.4, 0.5) is 5.69 Å². The highest BCUT2D eigenvalue weighted by Crippen LogP contribution is 2.53. The summed E-state index contributed by atoms with van der Waals surface area (Å²) < 4.78 is 12.4. The molecule has 3 unspecified atom stereocenters. The molecule has 1 aliphatic carbocycles. The normalized spacial score (nSPS) is 19.0. The molecule has 10 heteroatoms. The van der Waals surface area contributed by atoms with Gasteiger partial charge in [0.2, 0.25) is 5.88 Å². The second kappa shape index (κ2) is 10.5. The van der Waals surface area contributed by atoms with Crippen molar-refractivity contribution in [3.63, 3.8) is 0 Å². The fourth-order valence-corrected chi connectivity index (χ4v) is 4.19. The fourth-order valence-electron chi connectivity index (χ4n) is 3.54. The van der Waals surface area contributed by atoms with Crippen molar-refractivity contribution in [2.24, 2.45) is 18.9 Å². The molecule has 0 amide bonds. The van der Waals surface area contributed by atoms with Crippen molar-refractivity contribution in [2.45, 2.75) is 40.2 Å². The Hall–Kier alpha value is -3.01. The van der Waals surface area contributed by atoms with Crippen LogP contribution in [0.3, 0.4) is 0 Å². The van der Waals surface area contributed by atoms with E-state index in [0.717, 1.165) is 21.5 Å². The van der Waals surface area contributed by atoms with E-state index in [0.29, 0.717) is 42.5 Å². The van der Waals surface area contributed by atoms with Gasteiger partial charge in [-0.2, -0.15) is 0 Å². The van der Waals surface area contributed by atoms with Gasteiger partial charge in [-0.1, -0.05) is 32.1 Å². The third-order valence-corrected chi connectivity index (χ3v) is 6.20. The van der Waals surface area contributed by atoms with Crippen molar-refractivity contribution >= 4 is 17.0 Å². The molecule has 3 atom stereocenters. The molecule has 1 saturated carbocycles. The number of nitrogens with zero attached hydrogens (tertiary/aromatic N) is 5. The molecular formula is C22H30N6O3S. The average Bonchev–Trinajstić information content (AvgIpc) is 3.26. The van der Waals surface area contributed by atoms with Gasteiger partial charge in [0.25, 0.3) is 5.56 Å². The molecule has 0 aliphatic heterocycles. The van der Waals surface area contributed by atoms with Crippen LogP contribution in [0.2, 0.25) is 0 Å². The van der Waals surface area contributed by atoms with Gasteiger partial charge in [-0.05, 0) is 25.0 Å². The van der Waals surface area contributed by atoms with Crippen molar-refractivity contribution < 1.29 is 9.47 Å². The standard InChI is InChI=1S/C20H24N6O3S.C2H6/c1-11-14(19(11)15-6-5-13(28-4)8-21-15)10-29-17-7-16(20(27)26(3)25-17)22-9-18-24-23-12(2)30-18;1-2/h5-8,11,14,19,22H,9-10H2,1-4H3;1-2H3. The van der Waals surface area contributed by atoms with Gasteiger partial charge in [0, 0.05) is 30.6 Å². The summed E-state index contributed by atoms with van der Waals surface area (Å²) in [5.74, 6) is 2.33. The number of ether oxygens (including phenoxy) is 2. The van der Waals surface area contributed by atoms with Crippen molar-refractivity contribution in [2.75, 3.05) is 19.0 Å². The van der Waals surface area contributed by atoms with E-state index in [1.54, 1.807) is 26.4 Å². The molecule has 1 fully saturated rings. The van der Waals surface area contributed by atoms with Crippen LogP contribution in [0.5, 0.6) is 11.6 Å². The smallest absolute Gasteiger partial charge is 0.290 e. The van der Waals surface area contributed by atoms with Crippen molar-refractivity contribution in [1.82, 2.24) is 25.0 Å². The number of anilines is 1. The van der Waals surface area contributed by atoms with E-state index in [9.17, 15) is 4.79 Å². The summed E-state index contributed by atoms with van der Waals surface area (Å²) in [6.07, 6.45) is 1.74. The summed E-state index contributed by atoms with van der Waals surface area (Å²) in [5, 5.41) is 17.1. The second-order valence-electron chi connectivity index (χ2n) is 7.38. The zero-order valence-electron chi connectivity index (χ0n) is 19.3. The van der Waals surface area contributed by atoms with Crippen LogP contribution in [0.15, 0.2) is 29.2 Å². The van der Waals surface area contributed by atoms with Crippen molar-refractivity contribution in [3.8, 4) is 11.6 Å². The number of hydrogen-bond acceptors (Lipinski definition) is 9. The third kappa shape index (κ3) is 5.42. The Kier molecular flexibility index (Phi) is 7.79. The van der Waals surface area contributed by atoms with Crippen LogP contribution >= 0.6 is 11.3 Å². The molecule has 3 aromatic rings. The highest BCUT2D eigenvalue weighted by Gasteiger charge is 2.49. The SMILES string of the molecule is CC.COc1ccc(C2C(C)C2COc2cc(NCc3nnc(C)s3)c(=O)n(C)n2)nc1. The van der Waals surface area contributed by atoms with Crippen LogP contribution in [0.25, 0.3) is 0 Å². The molecule has 32 heavy (non-hydrogen) atoms. The summed E-state index contributed by atoms with van der Waals surface area (Å²) in [6, 6.07) is 5.57. The Balaban J connectivity index is 0.00000141. The lowest BCUT2D eigenvalue weighted by Crippen LogP contribution is -2.24. The summed E-state index contributed by atoms with van der Waals surface area (Å²) in [7, 11) is 3.24. The number of hydrogen-bond donors (Lipinski definition) is 1. The van der Waals surface area contributed by atoms with Crippen LogP contribution < -0.4 is 20.3 Å². The molecule has 0 bridgehead atoms. The molecule has 0 radical (unpaired) electrons. The van der Waals surface area contributed by atoms with E-state index in [1.807, 2.05) is 32.9 Å². The molecule has 0 aromatic carbocycles. The zero-order valence-corrected chi connectivity index (χ0v) is 20.1. The van der Waals surface area contributed by atoms with Gasteiger partial charge in [-0.25, -0.2) is 4.68 Å². The second-order valence-corrected chi connectivity index (χ2v) is 8.64. The molecule has 3 aromatic heterocycles. The number of rotatable bonds is 8. The van der Waals surface area contributed by atoms with Crippen LogP contribution in [0, 0.1) is 18.8 Å². The number of aromatic nitrogens is 5. The van der Waals surface area contributed by atoms with E-state index >= 15 is 0 Å². The molecule has 4 rings (SSSR count). The van der Waals surface area contributed by atoms with Gasteiger partial charge < -0.3 is 14.8 Å². The largest absolute Gasteiger partial charge is 0.495 e. The van der Waals surface area contributed by atoms with Gasteiger partial charge in [0.1, 0.15) is 21.5 Å². The Morgan fingerprint density at radius 3 is 2.66 bits per heavy atom. The van der Waals surface area contributed by atoms with E-state index in [-0.39, 0.29) is 5.56 Å². The number of aryl methyl sites for hydroxylation is 2. The Labute approximate surface area is 191 Å². The lowest BCUT2D eigenvalue weighted by Gasteiger charge is -2.10. The van der Waals surface area contributed by atoms with E-state index in [4.69, 9.17) is 9.47 Å². The predicted octanol–water partition coefficient (Wildman–Crippen LogP) is 3.41. The maximum absolute atomic E-state index is 12.4. The van der Waals surface area contributed by atoms with Gasteiger partial charge in [0.15, 0.2) is 0 Å². The summed E-state index contributed by atoms with van der Waals surface area (Å²) in [6.45, 7) is 9.02. The maximum atomic E-state index is 12.4. The highest BCUT2D eigenvalue weighted by molar-refractivity contribution is 7.11. The first-order valence-corrected chi connectivity index (χ1v) is 11.5. The molecule has 0 saturated heterocycles. The first kappa shape index (κ1) is 23.6. The highest BCUT2D eigenvalue weighted by atomic mass is 32.1. The number of nitrogens with one attached hydrogen (secondary N) is 1. The molecule has 172 valence electrons. The third-order valence-electron chi connectivity index (χ3n) is 5.36. The average molecular weight is 459 g/mol. The first-order valence-electron chi connectivity index (χ1n) is 10.7. The Morgan fingerprint density at radius 1 is 1.25 bits per heavy atom. The minimum Gasteiger partial charge on any atom is -0.495 e. The Bertz CT molecular complexity index is 1080. The van der Waals surface area contributed by atoms with Crippen molar-refractivity contribution in [3.05, 3.63) is 50.5 Å². The number of methoxy groups -OCH3 is 1. The lowest BCUT2D eigenvalue weighted by atomic mass is 10.2. The molecule has 3 heterocycles. The van der Waals surface area contributed by atoms with Crippen LogP contribution in [0.1, 0.15) is 42.4 Å². The molecule has 1 aliphatic rings. The lowest BCUT2D eigenvalue weighted by molar-refractivity contribution is 0.273. The molecule has 9 nitrogen and oxygen atoms in total. The van der Waals surface area contributed by atoms with Gasteiger partial charge in [0.05, 0.1) is 26.5 Å². The molecular weight excluding hydrogens is 428 g/mol. The topological polar surface area (TPSA) is 104 Å². The number of pyridine rings is 1. The van der Waals surface area contributed by atoms with E-state index in [2.05, 4.69) is 32.5 Å². The minimum absolute atomic E-state index is 0.219. The quantitative estimate of drug-likeness (QED) is 0.548. The van der Waals surface area contributed by atoms with E-state index < -0.39 is 0 Å². The van der Waals surface area contributed by atoms with Crippen molar-refractivity contribution in [1.29, 1.82) is 0 Å². The minimum atomic E-state index is -0.219. The maximum Gasteiger partial charge on any atom is 0.290 e. The van der Waals surface area contributed by atoms with Gasteiger partial charge >= 0.3 is 0 Å². The summed E-state index contributed by atoms with van der Waals surface area (Å²) in [4.78, 5) is 16.9. The monoisotopic (exact) mass is 458 g/mol. The van der Waals surface area contributed by atoms with Gasteiger partial charge in [-0.15, -0.1) is 15.3 Å². The fraction of sp³-hybridized carbons (Fsp3) is 0.500. The summed E-state index contributed by atoms with van der Waals surface area (Å²) >= 11 is 1.49.